The fourth-order valence-corrected chi connectivity index (χ4v) is 4.37. The van der Waals surface area contributed by atoms with E-state index in [0.717, 1.165) is 38.5 Å². The molecule has 5 aromatic rings. The molecule has 154 valence electrons. The molecule has 0 amide bonds. The van der Waals surface area contributed by atoms with Gasteiger partial charge in [0.15, 0.2) is 17.3 Å². The quantitative estimate of drug-likeness (QED) is 0.305. The highest BCUT2D eigenvalue weighted by atomic mass is 16.6. The Bertz CT molecular complexity index is 1550. The smallest absolute Gasteiger partial charge is 0.308 e. The minimum Gasteiger partial charge on any atom is -0.450 e. The first-order chi connectivity index (χ1) is 15.7. The van der Waals surface area contributed by atoms with Gasteiger partial charge in [0.25, 0.3) is 0 Å². The van der Waals surface area contributed by atoms with Crippen LogP contribution in [0.4, 0.5) is 0 Å². The first-order valence-electron chi connectivity index (χ1n) is 10.5. The van der Waals surface area contributed by atoms with Crippen molar-refractivity contribution in [3.8, 4) is 11.4 Å². The summed E-state index contributed by atoms with van der Waals surface area (Å²) in [5.74, 6) is 1.22. The molecule has 0 fully saturated rings. The van der Waals surface area contributed by atoms with Gasteiger partial charge >= 0.3 is 5.97 Å². The van der Waals surface area contributed by atoms with Gasteiger partial charge in [0.2, 0.25) is 0 Å². The minimum absolute atomic E-state index is 0.398. The van der Waals surface area contributed by atoms with Gasteiger partial charge in [0, 0.05) is 18.7 Å². The molecule has 4 heteroatoms. The Hall–Kier alpha value is -4.31. The van der Waals surface area contributed by atoms with E-state index in [2.05, 4.69) is 36.4 Å². The maximum atomic E-state index is 12.1. The standard InChI is InChI=1S/C28H19NO3/c1-18(30)31-28-24-14-7-15-29(24)25-16-20-9-2-3-10-21(20)17-26(25)32-27(28)23-13-6-11-19-8-4-5-12-22(19)23/h2-17H,1H3. The van der Waals surface area contributed by atoms with E-state index in [1.54, 1.807) is 0 Å². The van der Waals surface area contributed by atoms with Gasteiger partial charge in [0.1, 0.15) is 0 Å². The molecule has 6 rings (SSSR count). The Labute approximate surface area is 184 Å². The fourth-order valence-electron chi connectivity index (χ4n) is 4.37. The number of ether oxygens (including phenoxy) is 2. The normalized spacial score (nSPS) is 12.8. The van der Waals surface area contributed by atoms with Gasteiger partial charge in [-0.2, -0.15) is 0 Å². The Morgan fingerprint density at radius 3 is 2.34 bits per heavy atom. The first-order valence-corrected chi connectivity index (χ1v) is 10.5. The lowest BCUT2D eigenvalue weighted by Crippen LogP contribution is -2.06. The zero-order valence-electron chi connectivity index (χ0n) is 17.4. The molecule has 0 spiro atoms. The van der Waals surface area contributed by atoms with Crippen LogP contribution < -0.4 is 4.74 Å². The number of carbonyl (C=O) groups is 1. The Balaban J connectivity index is 1.70. The van der Waals surface area contributed by atoms with Gasteiger partial charge in [-0.15, -0.1) is 0 Å². The van der Waals surface area contributed by atoms with Gasteiger partial charge < -0.3 is 14.0 Å². The van der Waals surface area contributed by atoms with Gasteiger partial charge in [-0.05, 0) is 45.8 Å². The Kier molecular flexibility index (Phi) is 4.12. The molecule has 0 aliphatic carbocycles. The van der Waals surface area contributed by atoms with Crippen molar-refractivity contribution >= 4 is 39.0 Å². The predicted octanol–water partition coefficient (Wildman–Crippen LogP) is 6.57. The maximum absolute atomic E-state index is 12.1. The Morgan fingerprint density at radius 1 is 0.812 bits per heavy atom. The summed E-state index contributed by atoms with van der Waals surface area (Å²) >= 11 is 0. The lowest BCUT2D eigenvalue weighted by atomic mass is 10.0. The molecule has 0 N–H and O–H groups in total. The van der Waals surface area contributed by atoms with Crippen molar-refractivity contribution < 1.29 is 14.3 Å². The van der Waals surface area contributed by atoms with Crippen molar-refractivity contribution in [2.75, 3.05) is 0 Å². The number of hydrogen-bond acceptors (Lipinski definition) is 3. The van der Waals surface area contributed by atoms with Crippen molar-refractivity contribution in [2.45, 2.75) is 6.92 Å². The number of carbonyl (C=O) groups excluding carboxylic acids is 1. The molecule has 0 bridgehead atoms. The topological polar surface area (TPSA) is 40.5 Å². The van der Waals surface area contributed by atoms with Crippen molar-refractivity contribution in [1.29, 1.82) is 0 Å². The van der Waals surface area contributed by atoms with Crippen LogP contribution >= 0.6 is 0 Å². The average molecular weight is 417 g/mol. The van der Waals surface area contributed by atoms with E-state index in [9.17, 15) is 4.79 Å². The van der Waals surface area contributed by atoms with E-state index in [-0.39, 0.29) is 0 Å². The van der Waals surface area contributed by atoms with Crippen LogP contribution in [0.1, 0.15) is 18.2 Å². The number of benzene rings is 4. The molecular weight excluding hydrogens is 398 g/mol. The molecule has 0 atom stereocenters. The highest BCUT2D eigenvalue weighted by Crippen LogP contribution is 2.41. The second-order valence-electron chi connectivity index (χ2n) is 7.81. The molecule has 0 radical (unpaired) electrons. The van der Waals surface area contributed by atoms with Crippen LogP contribution in [0.25, 0.3) is 38.8 Å². The lowest BCUT2D eigenvalue weighted by Gasteiger charge is -2.15. The molecule has 0 saturated carbocycles. The summed E-state index contributed by atoms with van der Waals surface area (Å²) < 4.78 is 14.4. The minimum atomic E-state index is -0.398. The molecule has 0 unspecified atom stereocenters. The van der Waals surface area contributed by atoms with Crippen LogP contribution in [0.3, 0.4) is 0 Å². The number of aromatic nitrogens is 1. The van der Waals surface area contributed by atoms with Crippen LogP contribution in [0, 0.1) is 0 Å². The number of fused-ring (bicyclic) bond motifs is 5. The first kappa shape index (κ1) is 18.5. The molecule has 2 heterocycles. The van der Waals surface area contributed by atoms with E-state index >= 15 is 0 Å². The summed E-state index contributed by atoms with van der Waals surface area (Å²) in [6, 6.07) is 30.4. The van der Waals surface area contributed by atoms with E-state index in [1.807, 2.05) is 65.4 Å². The van der Waals surface area contributed by atoms with Crippen molar-refractivity contribution in [3.63, 3.8) is 0 Å². The van der Waals surface area contributed by atoms with Gasteiger partial charge in [-0.1, -0.05) is 66.7 Å². The summed E-state index contributed by atoms with van der Waals surface area (Å²) in [4.78, 5) is 12.1. The molecule has 1 aromatic heterocycles. The van der Waals surface area contributed by atoms with Gasteiger partial charge in [0.05, 0.1) is 11.4 Å². The second-order valence-corrected chi connectivity index (χ2v) is 7.81. The monoisotopic (exact) mass is 417 g/mol. The Morgan fingerprint density at radius 2 is 1.53 bits per heavy atom. The third-order valence-electron chi connectivity index (χ3n) is 5.77. The lowest BCUT2D eigenvalue weighted by molar-refractivity contribution is -0.134. The third-order valence-corrected chi connectivity index (χ3v) is 5.77. The van der Waals surface area contributed by atoms with Crippen LogP contribution in [-0.2, 0) is 9.53 Å². The molecule has 4 nitrogen and oxygen atoms in total. The fraction of sp³-hybridized carbons (Fsp3) is 0.0357. The van der Waals surface area contributed by atoms with Crippen LogP contribution in [0.2, 0.25) is 0 Å². The summed E-state index contributed by atoms with van der Waals surface area (Å²) in [5, 5.41) is 4.30. The van der Waals surface area contributed by atoms with Crippen LogP contribution in [0.5, 0.6) is 5.75 Å². The zero-order valence-corrected chi connectivity index (χ0v) is 17.4. The SMILES string of the molecule is CC(=O)OC1=C(c2cccc3ccccc23)Oc2cc3ccccc3cc2-n2cccc21. The summed E-state index contributed by atoms with van der Waals surface area (Å²) in [7, 11) is 0. The van der Waals surface area contributed by atoms with E-state index in [4.69, 9.17) is 9.47 Å². The number of esters is 1. The second kappa shape index (κ2) is 7.13. The molecule has 0 saturated heterocycles. The number of hydrogen-bond donors (Lipinski definition) is 0. The molecule has 4 aromatic carbocycles. The van der Waals surface area contributed by atoms with Gasteiger partial charge in [-0.25, -0.2) is 0 Å². The van der Waals surface area contributed by atoms with Gasteiger partial charge in [-0.3, -0.25) is 4.79 Å². The zero-order chi connectivity index (χ0) is 21.7. The highest BCUT2D eigenvalue weighted by Gasteiger charge is 2.27. The molecule has 32 heavy (non-hydrogen) atoms. The number of rotatable bonds is 2. The summed E-state index contributed by atoms with van der Waals surface area (Å²) in [5.41, 5.74) is 2.52. The largest absolute Gasteiger partial charge is 0.450 e. The van der Waals surface area contributed by atoms with Crippen molar-refractivity contribution in [2.24, 2.45) is 0 Å². The number of nitrogens with zero attached hydrogens (tertiary/aromatic N) is 1. The maximum Gasteiger partial charge on any atom is 0.308 e. The highest BCUT2D eigenvalue weighted by molar-refractivity contribution is 6.00. The summed E-state index contributed by atoms with van der Waals surface area (Å²) in [6.07, 6.45) is 1.96. The molecule has 1 aliphatic rings. The molecular formula is C28H19NO3. The molecule has 1 aliphatic heterocycles. The van der Waals surface area contributed by atoms with Crippen molar-refractivity contribution in [1.82, 2.24) is 4.57 Å². The van der Waals surface area contributed by atoms with Crippen LogP contribution in [0.15, 0.2) is 97.2 Å². The van der Waals surface area contributed by atoms with Crippen LogP contribution in [-0.4, -0.2) is 10.5 Å². The van der Waals surface area contributed by atoms with E-state index in [0.29, 0.717) is 17.3 Å². The third kappa shape index (κ3) is 2.88. The van der Waals surface area contributed by atoms with E-state index in [1.165, 1.54) is 6.92 Å². The van der Waals surface area contributed by atoms with Crippen molar-refractivity contribution in [3.05, 3.63) is 108 Å². The summed E-state index contributed by atoms with van der Waals surface area (Å²) in [6.45, 7) is 1.41. The average Bonchev–Trinajstić information content (AvgIpc) is 3.26. The van der Waals surface area contributed by atoms with E-state index < -0.39 is 5.97 Å². The predicted molar refractivity (Wildman–Crippen MR) is 126 cm³/mol.